The molecule has 1 aliphatic heterocycles. The molecule has 0 aromatic carbocycles. The zero-order chi connectivity index (χ0) is 20.9. The molecule has 8 heteroatoms. The van der Waals surface area contributed by atoms with Crippen molar-refractivity contribution in [2.45, 2.75) is 58.4 Å². The molecule has 0 spiro atoms. The molecule has 0 radical (unpaired) electrons. The van der Waals surface area contributed by atoms with Gasteiger partial charge in [-0.15, -0.1) is 11.3 Å². The molecule has 7 nitrogen and oxygen atoms in total. The number of guanidine groups is 1. The van der Waals surface area contributed by atoms with Crippen LogP contribution in [0.15, 0.2) is 22.8 Å². The quantitative estimate of drug-likeness (QED) is 0.559. The second-order valence-corrected chi connectivity index (χ2v) is 9.63. The van der Waals surface area contributed by atoms with E-state index in [2.05, 4.69) is 59.9 Å². The second kappa shape index (κ2) is 9.61. The molecule has 2 N–H and O–H groups in total. The van der Waals surface area contributed by atoms with Crippen LogP contribution in [-0.4, -0.2) is 52.9 Å². The van der Waals surface area contributed by atoms with Crippen LogP contribution in [0.3, 0.4) is 0 Å². The van der Waals surface area contributed by atoms with E-state index in [4.69, 9.17) is 9.98 Å². The van der Waals surface area contributed by atoms with E-state index < -0.39 is 0 Å². The third kappa shape index (κ3) is 6.19. The first-order valence-electron chi connectivity index (χ1n) is 10.6. The molecular formula is C21H35N7S. The Morgan fingerprint density at radius 3 is 2.86 bits per heavy atom. The minimum absolute atomic E-state index is 0.107. The van der Waals surface area contributed by atoms with Crippen LogP contribution in [-0.2, 0) is 18.9 Å². The van der Waals surface area contributed by atoms with Gasteiger partial charge in [0.2, 0.25) is 0 Å². The highest BCUT2D eigenvalue weighted by Crippen LogP contribution is 2.24. The Hall–Kier alpha value is -2.09. The number of aliphatic imine (C=N–C) groups is 1. The molecule has 0 bridgehead atoms. The van der Waals surface area contributed by atoms with Crippen molar-refractivity contribution in [3.63, 3.8) is 0 Å². The fourth-order valence-corrected chi connectivity index (χ4v) is 4.46. The molecule has 160 valence electrons. The predicted molar refractivity (Wildman–Crippen MR) is 122 cm³/mol. The van der Waals surface area contributed by atoms with Gasteiger partial charge in [-0.05, 0) is 19.8 Å². The average Bonchev–Trinajstić information content (AvgIpc) is 3.31. The zero-order valence-corrected chi connectivity index (χ0v) is 19.2. The van der Waals surface area contributed by atoms with E-state index in [0.717, 1.165) is 50.0 Å². The van der Waals surface area contributed by atoms with Crippen LogP contribution in [0, 0.1) is 0 Å². The Kier molecular flexibility index (Phi) is 7.16. The van der Waals surface area contributed by atoms with Crippen LogP contribution in [0.25, 0.3) is 0 Å². The van der Waals surface area contributed by atoms with Crippen LogP contribution < -0.4 is 15.5 Å². The lowest BCUT2D eigenvalue weighted by Gasteiger charge is -2.34. The maximum atomic E-state index is 4.80. The summed E-state index contributed by atoms with van der Waals surface area (Å²) in [5.41, 5.74) is 2.47. The first-order valence-corrected chi connectivity index (χ1v) is 11.5. The lowest BCUT2D eigenvalue weighted by atomic mass is 9.93. The summed E-state index contributed by atoms with van der Waals surface area (Å²) >= 11 is 1.74. The smallest absolute Gasteiger partial charge is 0.191 e. The predicted octanol–water partition coefficient (Wildman–Crippen LogP) is 2.94. The first-order chi connectivity index (χ1) is 13.8. The molecule has 2 aromatic rings. The molecule has 3 heterocycles. The standard InChI is InChI=1S/C21H35N7S/c1-6-22-20(23-10-9-19-26-18(15-29-19)21(2,3)4)25-16-8-7-11-28(13-16)17-12-24-27(5)14-17/h12,14-16H,6-11,13H2,1-5H3,(H2,22,23,25). The van der Waals surface area contributed by atoms with E-state index >= 15 is 0 Å². The van der Waals surface area contributed by atoms with Gasteiger partial charge >= 0.3 is 0 Å². The minimum atomic E-state index is 0.107. The average molecular weight is 418 g/mol. The van der Waals surface area contributed by atoms with Crippen molar-refractivity contribution >= 4 is 23.0 Å². The van der Waals surface area contributed by atoms with E-state index in [1.165, 1.54) is 17.8 Å². The van der Waals surface area contributed by atoms with Gasteiger partial charge in [0.25, 0.3) is 0 Å². The maximum Gasteiger partial charge on any atom is 0.191 e. The van der Waals surface area contributed by atoms with E-state index in [-0.39, 0.29) is 5.41 Å². The molecule has 0 amide bonds. The largest absolute Gasteiger partial charge is 0.367 e. The van der Waals surface area contributed by atoms with Gasteiger partial charge in [0, 0.05) is 62.7 Å². The number of rotatable bonds is 6. The van der Waals surface area contributed by atoms with E-state index in [1.54, 1.807) is 11.3 Å². The summed E-state index contributed by atoms with van der Waals surface area (Å²) in [4.78, 5) is 12.0. The number of anilines is 1. The number of hydrogen-bond donors (Lipinski definition) is 2. The lowest BCUT2D eigenvalue weighted by Crippen LogP contribution is -2.51. The fraction of sp³-hybridized carbons (Fsp3) is 0.667. The molecule has 3 rings (SSSR count). The Bertz CT molecular complexity index is 802. The number of nitrogens with one attached hydrogen (secondary N) is 2. The topological polar surface area (TPSA) is 70.4 Å². The normalized spacial score (nSPS) is 18.2. The monoisotopic (exact) mass is 417 g/mol. The molecule has 1 aliphatic rings. The van der Waals surface area contributed by atoms with Gasteiger partial charge < -0.3 is 15.5 Å². The van der Waals surface area contributed by atoms with Gasteiger partial charge in [0.15, 0.2) is 5.96 Å². The van der Waals surface area contributed by atoms with Crippen LogP contribution in [0.4, 0.5) is 5.69 Å². The highest BCUT2D eigenvalue weighted by atomic mass is 32.1. The van der Waals surface area contributed by atoms with Gasteiger partial charge in [0.1, 0.15) is 0 Å². The molecule has 29 heavy (non-hydrogen) atoms. The molecule has 0 aliphatic carbocycles. The zero-order valence-electron chi connectivity index (χ0n) is 18.4. The van der Waals surface area contributed by atoms with Crippen LogP contribution >= 0.6 is 11.3 Å². The van der Waals surface area contributed by atoms with Gasteiger partial charge in [-0.2, -0.15) is 5.10 Å². The summed E-state index contributed by atoms with van der Waals surface area (Å²) in [5.74, 6) is 0.901. The fourth-order valence-electron chi connectivity index (χ4n) is 3.45. The molecule has 1 saturated heterocycles. The molecule has 1 unspecified atom stereocenters. The van der Waals surface area contributed by atoms with Crippen molar-refractivity contribution < 1.29 is 0 Å². The minimum Gasteiger partial charge on any atom is -0.367 e. The van der Waals surface area contributed by atoms with Gasteiger partial charge in [-0.3, -0.25) is 9.67 Å². The van der Waals surface area contributed by atoms with Crippen LogP contribution in [0.5, 0.6) is 0 Å². The van der Waals surface area contributed by atoms with E-state index in [0.29, 0.717) is 6.04 Å². The van der Waals surface area contributed by atoms with E-state index in [1.807, 2.05) is 17.9 Å². The van der Waals surface area contributed by atoms with Crippen molar-refractivity contribution in [1.29, 1.82) is 0 Å². The second-order valence-electron chi connectivity index (χ2n) is 8.69. The summed E-state index contributed by atoms with van der Waals surface area (Å²) in [6.07, 6.45) is 7.23. The van der Waals surface area contributed by atoms with Crippen molar-refractivity contribution in [2.75, 3.05) is 31.1 Å². The Labute approximate surface area is 178 Å². The number of aromatic nitrogens is 3. The van der Waals surface area contributed by atoms with Crippen molar-refractivity contribution in [1.82, 2.24) is 25.4 Å². The summed E-state index contributed by atoms with van der Waals surface area (Å²) in [6.45, 7) is 12.4. The highest BCUT2D eigenvalue weighted by molar-refractivity contribution is 7.09. The number of aryl methyl sites for hydroxylation is 1. The van der Waals surface area contributed by atoms with Crippen LogP contribution in [0.2, 0.25) is 0 Å². The third-order valence-corrected chi connectivity index (χ3v) is 5.99. The van der Waals surface area contributed by atoms with E-state index in [9.17, 15) is 0 Å². The highest BCUT2D eigenvalue weighted by Gasteiger charge is 2.22. The number of piperidine rings is 1. The molecule has 2 aromatic heterocycles. The number of hydrogen-bond acceptors (Lipinski definition) is 5. The third-order valence-electron chi connectivity index (χ3n) is 5.08. The van der Waals surface area contributed by atoms with Gasteiger partial charge in [-0.1, -0.05) is 20.8 Å². The Morgan fingerprint density at radius 1 is 1.38 bits per heavy atom. The first kappa shape index (κ1) is 21.6. The summed E-state index contributed by atoms with van der Waals surface area (Å²) < 4.78 is 1.86. The summed E-state index contributed by atoms with van der Waals surface area (Å²) in [7, 11) is 1.96. The summed E-state index contributed by atoms with van der Waals surface area (Å²) in [6, 6.07) is 0.383. The number of nitrogens with zero attached hydrogens (tertiary/aromatic N) is 5. The number of thiazole rings is 1. The maximum absolute atomic E-state index is 4.80. The summed E-state index contributed by atoms with van der Waals surface area (Å²) in [5, 5.41) is 14.7. The van der Waals surface area contributed by atoms with Crippen LogP contribution in [0.1, 0.15) is 51.2 Å². The Morgan fingerprint density at radius 2 is 2.21 bits per heavy atom. The van der Waals surface area contributed by atoms with Gasteiger partial charge in [-0.25, -0.2) is 4.98 Å². The molecular weight excluding hydrogens is 382 g/mol. The molecule has 1 fully saturated rings. The Balaban J connectivity index is 1.55. The van der Waals surface area contributed by atoms with Gasteiger partial charge in [0.05, 0.1) is 22.6 Å². The SMILES string of the molecule is CCNC(=NCCc1nc(C(C)(C)C)cs1)NC1CCCN(c2cnn(C)c2)C1. The lowest BCUT2D eigenvalue weighted by molar-refractivity contribution is 0.468. The molecule has 1 atom stereocenters. The van der Waals surface area contributed by atoms with Crippen molar-refractivity contribution in [3.8, 4) is 0 Å². The molecule has 0 saturated carbocycles. The van der Waals surface area contributed by atoms with Crippen molar-refractivity contribution in [2.24, 2.45) is 12.0 Å². The van der Waals surface area contributed by atoms with Crippen molar-refractivity contribution in [3.05, 3.63) is 28.5 Å².